The fraction of sp³-hybridized carbons (Fsp3) is 0.286. The van der Waals surface area contributed by atoms with Crippen molar-refractivity contribution in [1.29, 1.82) is 0 Å². The van der Waals surface area contributed by atoms with Gasteiger partial charge < -0.3 is 9.64 Å². The van der Waals surface area contributed by atoms with Gasteiger partial charge in [0.1, 0.15) is 22.9 Å². The number of hydrogen-bond acceptors (Lipinski definition) is 5. The lowest BCUT2D eigenvalue weighted by Gasteiger charge is -2.35. The minimum Gasteiger partial charge on any atom is -0.494 e. The number of aromatic nitrogens is 1. The molecule has 1 aliphatic rings. The summed E-state index contributed by atoms with van der Waals surface area (Å²) in [6, 6.07) is 12.8. The zero-order valence-corrected chi connectivity index (χ0v) is 17.1. The summed E-state index contributed by atoms with van der Waals surface area (Å²) < 4.78 is 45.6. The molecule has 0 unspecified atom stereocenters. The van der Waals surface area contributed by atoms with Crippen molar-refractivity contribution in [2.75, 3.05) is 38.2 Å². The van der Waals surface area contributed by atoms with Gasteiger partial charge in [0.05, 0.1) is 12.0 Å². The number of halogens is 1. The van der Waals surface area contributed by atoms with Crippen LogP contribution in [0.1, 0.15) is 5.56 Å². The van der Waals surface area contributed by atoms with E-state index >= 15 is 0 Å². The molecule has 152 valence electrons. The summed E-state index contributed by atoms with van der Waals surface area (Å²) in [5, 5.41) is 1.03. The van der Waals surface area contributed by atoms with Gasteiger partial charge in [0.2, 0.25) is 10.0 Å². The van der Waals surface area contributed by atoms with Gasteiger partial charge in [-0.15, -0.1) is 0 Å². The van der Waals surface area contributed by atoms with Gasteiger partial charge in [-0.1, -0.05) is 12.1 Å². The van der Waals surface area contributed by atoms with Crippen LogP contribution >= 0.6 is 0 Å². The van der Waals surface area contributed by atoms with E-state index in [1.165, 1.54) is 16.4 Å². The highest BCUT2D eigenvalue weighted by Crippen LogP contribution is 2.30. The van der Waals surface area contributed by atoms with E-state index in [-0.39, 0.29) is 4.90 Å². The molecule has 3 aromatic rings. The van der Waals surface area contributed by atoms with E-state index in [1.54, 1.807) is 7.11 Å². The maximum Gasteiger partial charge on any atom is 0.243 e. The number of nitrogens with zero attached hydrogens (tertiary/aromatic N) is 3. The van der Waals surface area contributed by atoms with Crippen LogP contribution in [0.15, 0.2) is 53.4 Å². The Labute approximate surface area is 169 Å². The Morgan fingerprint density at radius 3 is 2.38 bits per heavy atom. The molecule has 1 aliphatic heterocycles. The fourth-order valence-corrected chi connectivity index (χ4v) is 5.04. The molecule has 0 amide bonds. The number of rotatable bonds is 4. The number of pyridine rings is 1. The number of ether oxygens (including phenoxy) is 1. The first kappa shape index (κ1) is 19.6. The third-order valence-corrected chi connectivity index (χ3v) is 7.14. The van der Waals surface area contributed by atoms with Crippen molar-refractivity contribution in [3.63, 3.8) is 0 Å². The predicted molar refractivity (Wildman–Crippen MR) is 110 cm³/mol. The van der Waals surface area contributed by atoms with E-state index in [2.05, 4.69) is 4.90 Å². The number of hydrogen-bond donors (Lipinski definition) is 0. The largest absolute Gasteiger partial charge is 0.494 e. The average molecular weight is 415 g/mol. The first-order chi connectivity index (χ1) is 13.9. The van der Waals surface area contributed by atoms with Crippen molar-refractivity contribution in [1.82, 2.24) is 9.29 Å². The highest BCUT2D eigenvalue weighted by atomic mass is 32.2. The summed E-state index contributed by atoms with van der Waals surface area (Å²) in [5.41, 5.74) is 1.89. The second-order valence-electron chi connectivity index (χ2n) is 7.00. The van der Waals surface area contributed by atoms with Crippen LogP contribution in [0.4, 0.5) is 10.2 Å². The second-order valence-corrected chi connectivity index (χ2v) is 8.94. The Kier molecular flexibility index (Phi) is 5.14. The van der Waals surface area contributed by atoms with Gasteiger partial charge in [0, 0.05) is 31.6 Å². The van der Waals surface area contributed by atoms with Crippen LogP contribution in [-0.2, 0) is 10.0 Å². The molecule has 0 bridgehead atoms. The monoisotopic (exact) mass is 415 g/mol. The van der Waals surface area contributed by atoms with Gasteiger partial charge in [-0.25, -0.2) is 17.8 Å². The summed E-state index contributed by atoms with van der Waals surface area (Å²) in [6.07, 6.45) is 0. The highest BCUT2D eigenvalue weighted by Gasteiger charge is 2.29. The first-order valence-electron chi connectivity index (χ1n) is 9.35. The fourth-order valence-electron chi connectivity index (χ4n) is 3.61. The number of piperazine rings is 1. The maximum absolute atomic E-state index is 13.1. The average Bonchev–Trinajstić information content (AvgIpc) is 2.73. The molecule has 6 nitrogen and oxygen atoms in total. The minimum atomic E-state index is -3.64. The van der Waals surface area contributed by atoms with Crippen LogP contribution in [0.25, 0.3) is 10.9 Å². The molecule has 0 saturated carbocycles. The first-order valence-corrected chi connectivity index (χ1v) is 10.8. The van der Waals surface area contributed by atoms with Gasteiger partial charge in [-0.05, 0) is 48.9 Å². The number of para-hydroxylation sites is 1. The van der Waals surface area contributed by atoms with E-state index in [4.69, 9.17) is 9.72 Å². The van der Waals surface area contributed by atoms with Gasteiger partial charge in [0.25, 0.3) is 0 Å². The molecule has 0 N–H and O–H groups in total. The number of sulfonamides is 1. The van der Waals surface area contributed by atoms with Crippen molar-refractivity contribution < 1.29 is 17.5 Å². The zero-order chi connectivity index (χ0) is 20.6. The third-order valence-electron chi connectivity index (χ3n) is 5.23. The lowest BCUT2D eigenvalue weighted by atomic mass is 10.1. The third kappa shape index (κ3) is 3.65. The maximum atomic E-state index is 13.1. The Morgan fingerprint density at radius 2 is 1.72 bits per heavy atom. The molecular formula is C21H22FN3O3S. The van der Waals surface area contributed by atoms with E-state index < -0.39 is 15.8 Å². The van der Waals surface area contributed by atoms with Crippen LogP contribution in [0.5, 0.6) is 5.75 Å². The van der Waals surface area contributed by atoms with Crippen LogP contribution in [0.3, 0.4) is 0 Å². The Hall–Kier alpha value is -2.71. The molecule has 2 aromatic carbocycles. The standard InChI is InChI=1S/C21H22FN3O3S/c1-15-14-20(23-21-18(15)4-3-5-19(21)28-2)24-10-12-25(13-11-24)29(26,27)17-8-6-16(22)7-9-17/h3-9,14H,10-13H2,1-2H3. The van der Waals surface area contributed by atoms with Crippen molar-refractivity contribution in [3.05, 3.63) is 59.9 Å². The topological polar surface area (TPSA) is 62.7 Å². The summed E-state index contributed by atoms with van der Waals surface area (Å²) in [6.45, 7) is 3.75. The second kappa shape index (κ2) is 7.61. The molecule has 4 rings (SSSR count). The number of anilines is 1. The molecular weight excluding hydrogens is 393 g/mol. The Bertz CT molecular complexity index is 1140. The molecule has 1 fully saturated rings. The van der Waals surface area contributed by atoms with Crippen LogP contribution in [-0.4, -0.2) is 51.0 Å². The summed E-state index contributed by atoms with van der Waals surface area (Å²) in [5.74, 6) is 1.06. The summed E-state index contributed by atoms with van der Waals surface area (Å²) >= 11 is 0. The molecule has 0 aliphatic carbocycles. The number of fused-ring (bicyclic) bond motifs is 1. The molecule has 0 atom stereocenters. The predicted octanol–water partition coefficient (Wildman–Crippen LogP) is 3.20. The van der Waals surface area contributed by atoms with E-state index in [0.29, 0.717) is 31.9 Å². The molecule has 0 radical (unpaired) electrons. The van der Waals surface area contributed by atoms with Crippen LogP contribution in [0.2, 0.25) is 0 Å². The quantitative estimate of drug-likeness (QED) is 0.655. The lowest BCUT2D eigenvalue weighted by Crippen LogP contribution is -2.48. The molecule has 0 spiro atoms. The minimum absolute atomic E-state index is 0.108. The van der Waals surface area contributed by atoms with Crippen molar-refractivity contribution in [2.24, 2.45) is 0 Å². The van der Waals surface area contributed by atoms with Crippen molar-refractivity contribution in [3.8, 4) is 5.75 Å². The SMILES string of the molecule is COc1cccc2c(C)cc(N3CCN(S(=O)(=O)c4ccc(F)cc4)CC3)nc12. The van der Waals surface area contributed by atoms with E-state index in [0.717, 1.165) is 34.4 Å². The zero-order valence-electron chi connectivity index (χ0n) is 16.3. The number of aryl methyl sites for hydroxylation is 1. The smallest absolute Gasteiger partial charge is 0.243 e. The lowest BCUT2D eigenvalue weighted by molar-refractivity contribution is 0.384. The molecule has 1 saturated heterocycles. The van der Waals surface area contributed by atoms with Crippen LogP contribution in [0, 0.1) is 12.7 Å². The summed E-state index contributed by atoms with van der Waals surface area (Å²) in [4.78, 5) is 6.96. The van der Waals surface area contributed by atoms with Crippen molar-refractivity contribution >= 4 is 26.7 Å². The van der Waals surface area contributed by atoms with Gasteiger partial charge in [-0.3, -0.25) is 0 Å². The van der Waals surface area contributed by atoms with E-state index in [9.17, 15) is 12.8 Å². The van der Waals surface area contributed by atoms with E-state index in [1.807, 2.05) is 31.2 Å². The summed E-state index contributed by atoms with van der Waals surface area (Å²) in [7, 11) is -2.02. The molecule has 1 aromatic heterocycles. The molecule has 29 heavy (non-hydrogen) atoms. The number of benzene rings is 2. The van der Waals surface area contributed by atoms with Gasteiger partial charge in [-0.2, -0.15) is 4.31 Å². The van der Waals surface area contributed by atoms with Gasteiger partial charge >= 0.3 is 0 Å². The van der Waals surface area contributed by atoms with Crippen molar-refractivity contribution in [2.45, 2.75) is 11.8 Å². The highest BCUT2D eigenvalue weighted by molar-refractivity contribution is 7.89. The normalized spacial score (nSPS) is 15.6. The Morgan fingerprint density at radius 1 is 1.03 bits per heavy atom. The molecule has 2 heterocycles. The van der Waals surface area contributed by atoms with Gasteiger partial charge in [0.15, 0.2) is 0 Å². The van der Waals surface area contributed by atoms with Crippen LogP contribution < -0.4 is 9.64 Å². The molecule has 8 heteroatoms. The Balaban J connectivity index is 1.56. The number of methoxy groups -OCH3 is 1.